The number of furan rings is 1. The molecular weight excluding hydrogens is 455 g/mol. The minimum absolute atomic E-state index is 0. The number of nitrogens with one attached hydrogen (secondary N) is 2. The van der Waals surface area contributed by atoms with Gasteiger partial charge in [0.05, 0.1) is 13.1 Å². The summed E-state index contributed by atoms with van der Waals surface area (Å²) in [5.41, 5.74) is -1.08. The van der Waals surface area contributed by atoms with E-state index in [2.05, 4.69) is 15.6 Å². The highest BCUT2D eigenvalue weighted by atomic mass is 127. The van der Waals surface area contributed by atoms with Gasteiger partial charge in [-0.15, -0.1) is 24.0 Å². The molecule has 0 amide bonds. The van der Waals surface area contributed by atoms with Crippen molar-refractivity contribution in [2.45, 2.75) is 32.9 Å². The minimum atomic E-state index is -1.24. The highest BCUT2D eigenvalue weighted by Crippen LogP contribution is 2.21. The largest absolute Gasteiger partial charge is 0.463 e. The summed E-state index contributed by atoms with van der Waals surface area (Å²) in [7, 11) is 0. The molecule has 26 heavy (non-hydrogen) atoms. The maximum absolute atomic E-state index is 13.7. The highest BCUT2D eigenvalue weighted by Gasteiger charge is 2.27. The van der Waals surface area contributed by atoms with E-state index in [-0.39, 0.29) is 42.6 Å². The third-order valence-corrected chi connectivity index (χ3v) is 3.63. The van der Waals surface area contributed by atoms with Crippen LogP contribution in [0.3, 0.4) is 0 Å². The van der Waals surface area contributed by atoms with Gasteiger partial charge in [-0.1, -0.05) is 0 Å². The van der Waals surface area contributed by atoms with Crippen molar-refractivity contribution < 1.29 is 18.3 Å². The van der Waals surface area contributed by atoms with Gasteiger partial charge in [0.2, 0.25) is 0 Å². The van der Waals surface area contributed by atoms with Crippen molar-refractivity contribution in [3.8, 4) is 0 Å². The second-order valence-electron chi connectivity index (χ2n) is 5.97. The number of halogens is 3. The number of hydrogen-bond donors (Lipinski definition) is 3. The van der Waals surface area contributed by atoms with E-state index in [0.29, 0.717) is 24.0 Å². The summed E-state index contributed by atoms with van der Waals surface area (Å²) < 4.78 is 32.4. The van der Waals surface area contributed by atoms with Gasteiger partial charge in [-0.3, -0.25) is 0 Å². The smallest absolute Gasteiger partial charge is 0.191 e. The summed E-state index contributed by atoms with van der Waals surface area (Å²) in [5, 5.41) is 16.5. The molecule has 5 nitrogen and oxygen atoms in total. The number of aliphatic hydroxyl groups is 1. The van der Waals surface area contributed by atoms with Gasteiger partial charge in [0, 0.05) is 12.1 Å². The van der Waals surface area contributed by atoms with Crippen molar-refractivity contribution in [1.82, 2.24) is 10.6 Å². The van der Waals surface area contributed by atoms with Gasteiger partial charge >= 0.3 is 0 Å². The molecule has 0 aliphatic rings. The number of guanidine groups is 1. The van der Waals surface area contributed by atoms with Crippen LogP contribution in [0.1, 0.15) is 30.9 Å². The van der Waals surface area contributed by atoms with Gasteiger partial charge in [-0.05, 0) is 51.1 Å². The minimum Gasteiger partial charge on any atom is -0.463 e. The maximum atomic E-state index is 13.7. The van der Waals surface area contributed by atoms with Gasteiger partial charge in [-0.25, -0.2) is 13.8 Å². The van der Waals surface area contributed by atoms with Gasteiger partial charge in [0.25, 0.3) is 0 Å². The highest BCUT2D eigenvalue weighted by molar-refractivity contribution is 14.0. The monoisotopic (exact) mass is 479 g/mol. The van der Waals surface area contributed by atoms with Crippen LogP contribution in [-0.2, 0) is 12.1 Å². The van der Waals surface area contributed by atoms with Crippen LogP contribution in [0, 0.1) is 18.6 Å². The molecule has 0 spiro atoms. The van der Waals surface area contributed by atoms with Crippen molar-refractivity contribution in [2.24, 2.45) is 4.99 Å². The second kappa shape index (κ2) is 9.86. The predicted molar refractivity (Wildman–Crippen MR) is 108 cm³/mol. The Labute approximate surface area is 168 Å². The molecule has 8 heteroatoms. The summed E-state index contributed by atoms with van der Waals surface area (Å²) in [6, 6.07) is 6.74. The van der Waals surface area contributed by atoms with E-state index >= 15 is 0 Å². The Morgan fingerprint density at radius 2 is 1.96 bits per heavy atom. The fraction of sp³-hybridized carbons (Fsp3) is 0.389. The number of hydrogen-bond acceptors (Lipinski definition) is 3. The predicted octanol–water partition coefficient (Wildman–Crippen LogP) is 3.45. The van der Waals surface area contributed by atoms with Gasteiger partial charge in [-0.2, -0.15) is 0 Å². The Hall–Kier alpha value is -1.68. The Balaban J connectivity index is 0.00000338. The average Bonchev–Trinajstić information content (AvgIpc) is 3.00. The number of nitrogens with zero attached hydrogens (tertiary/aromatic N) is 1. The molecule has 1 aromatic carbocycles. The molecule has 1 aromatic heterocycles. The zero-order valence-corrected chi connectivity index (χ0v) is 17.3. The SMILES string of the molecule is CCNC(=NCc1cc(F)ccc1F)NCC(C)(O)c1ccc(C)o1.I. The van der Waals surface area contributed by atoms with Crippen molar-refractivity contribution in [1.29, 1.82) is 0 Å². The van der Waals surface area contributed by atoms with Gasteiger partial charge in [0.1, 0.15) is 28.8 Å². The first-order valence-electron chi connectivity index (χ1n) is 8.07. The lowest BCUT2D eigenvalue weighted by molar-refractivity contribution is 0.0378. The van der Waals surface area contributed by atoms with Gasteiger partial charge < -0.3 is 20.2 Å². The standard InChI is InChI=1S/C18H23F2N3O2.HI/c1-4-21-17(22-10-13-9-14(19)6-7-15(13)20)23-11-18(3,24)16-8-5-12(2)25-16;/h5-9,24H,4,10-11H2,1-3H3,(H2,21,22,23);1H. The van der Waals surface area contributed by atoms with Crippen molar-refractivity contribution in [3.05, 3.63) is 59.1 Å². The lowest BCUT2D eigenvalue weighted by atomic mass is 10.0. The van der Waals surface area contributed by atoms with Crippen LogP contribution in [0.25, 0.3) is 0 Å². The molecular formula is C18H24F2IN3O2. The van der Waals surface area contributed by atoms with Crippen LogP contribution in [-0.4, -0.2) is 24.2 Å². The summed E-state index contributed by atoms with van der Waals surface area (Å²) >= 11 is 0. The number of benzene rings is 1. The topological polar surface area (TPSA) is 69.8 Å². The molecule has 2 rings (SSSR count). The number of rotatable bonds is 6. The van der Waals surface area contributed by atoms with E-state index in [1.807, 2.05) is 6.92 Å². The third kappa shape index (κ3) is 6.24. The first kappa shape index (κ1) is 22.4. The summed E-state index contributed by atoms with van der Waals surface area (Å²) in [6.45, 7) is 5.99. The van der Waals surface area contributed by atoms with E-state index in [0.717, 1.165) is 18.2 Å². The number of aryl methyl sites for hydroxylation is 1. The lowest BCUT2D eigenvalue weighted by Crippen LogP contribution is -2.44. The van der Waals surface area contributed by atoms with Gasteiger partial charge in [0.15, 0.2) is 5.96 Å². The third-order valence-electron chi connectivity index (χ3n) is 3.63. The van der Waals surface area contributed by atoms with Crippen molar-refractivity contribution >= 4 is 29.9 Å². The molecule has 0 aliphatic heterocycles. The summed E-state index contributed by atoms with van der Waals surface area (Å²) in [4.78, 5) is 4.23. The maximum Gasteiger partial charge on any atom is 0.191 e. The van der Waals surface area contributed by atoms with E-state index < -0.39 is 17.2 Å². The Kier molecular flexibility index (Phi) is 8.48. The molecule has 0 saturated carbocycles. The molecule has 0 aliphatic carbocycles. The zero-order chi connectivity index (χ0) is 18.4. The van der Waals surface area contributed by atoms with Crippen LogP contribution < -0.4 is 10.6 Å². The van der Waals surface area contributed by atoms with E-state index in [1.165, 1.54) is 0 Å². The zero-order valence-electron chi connectivity index (χ0n) is 15.0. The number of aliphatic imine (C=N–C) groups is 1. The van der Waals surface area contributed by atoms with Crippen molar-refractivity contribution in [2.75, 3.05) is 13.1 Å². The molecule has 144 valence electrons. The molecule has 1 atom stereocenters. The molecule has 1 heterocycles. The average molecular weight is 479 g/mol. The van der Waals surface area contributed by atoms with E-state index in [9.17, 15) is 13.9 Å². The Morgan fingerprint density at radius 1 is 1.23 bits per heavy atom. The van der Waals surface area contributed by atoms with E-state index in [4.69, 9.17) is 4.42 Å². The fourth-order valence-corrected chi connectivity index (χ4v) is 2.24. The molecule has 0 fully saturated rings. The van der Waals surface area contributed by atoms with Crippen LogP contribution in [0.5, 0.6) is 0 Å². The first-order chi connectivity index (χ1) is 11.8. The lowest BCUT2D eigenvalue weighted by Gasteiger charge is -2.22. The van der Waals surface area contributed by atoms with Crippen LogP contribution >= 0.6 is 24.0 Å². The molecule has 0 bridgehead atoms. The Bertz CT molecular complexity index is 748. The quantitative estimate of drug-likeness (QED) is 0.338. The summed E-state index contributed by atoms with van der Waals surface area (Å²) in [5.74, 6) is 0.497. The van der Waals surface area contributed by atoms with Crippen LogP contribution in [0.15, 0.2) is 39.7 Å². The molecule has 0 saturated heterocycles. The normalized spacial score (nSPS) is 13.7. The van der Waals surface area contributed by atoms with Crippen LogP contribution in [0.4, 0.5) is 8.78 Å². The van der Waals surface area contributed by atoms with E-state index in [1.54, 1.807) is 26.0 Å². The molecule has 2 aromatic rings. The van der Waals surface area contributed by atoms with Crippen molar-refractivity contribution in [3.63, 3.8) is 0 Å². The second-order valence-corrected chi connectivity index (χ2v) is 5.97. The Morgan fingerprint density at radius 3 is 2.58 bits per heavy atom. The molecule has 3 N–H and O–H groups in total. The summed E-state index contributed by atoms with van der Waals surface area (Å²) in [6.07, 6.45) is 0. The molecule has 1 unspecified atom stereocenters. The fourth-order valence-electron chi connectivity index (χ4n) is 2.24. The molecule has 0 radical (unpaired) electrons. The first-order valence-corrected chi connectivity index (χ1v) is 8.07. The van der Waals surface area contributed by atoms with Crippen LogP contribution in [0.2, 0.25) is 0 Å².